The second kappa shape index (κ2) is 7.12. The maximum Gasteiger partial charge on any atom is 0.255 e. The summed E-state index contributed by atoms with van der Waals surface area (Å²) in [5, 5.41) is 3.42. The molecule has 5 heteroatoms. The van der Waals surface area contributed by atoms with Crippen molar-refractivity contribution < 1.29 is 18.4 Å². The van der Waals surface area contributed by atoms with E-state index >= 15 is 0 Å². The lowest BCUT2D eigenvalue weighted by molar-refractivity contribution is 0.101. The first-order chi connectivity index (χ1) is 13.5. The molecule has 0 bridgehead atoms. The Balaban J connectivity index is 1.77. The SMILES string of the molecule is Cc1ccc(C(=O)Nc2c(C(=O)c3ccc(F)cc3)oc3ccccc23)cc1. The molecule has 0 fully saturated rings. The highest BCUT2D eigenvalue weighted by Crippen LogP contribution is 2.33. The third kappa shape index (κ3) is 3.30. The fourth-order valence-corrected chi connectivity index (χ4v) is 2.95. The highest BCUT2D eigenvalue weighted by atomic mass is 19.1. The standard InChI is InChI=1S/C23H16FNO3/c1-14-6-8-16(9-7-14)23(27)25-20-18-4-2-3-5-19(18)28-22(20)21(26)15-10-12-17(24)13-11-15/h2-13H,1H3,(H,25,27). The van der Waals surface area contributed by atoms with Crippen LogP contribution in [-0.2, 0) is 0 Å². The van der Waals surface area contributed by atoms with Gasteiger partial charge in [-0.1, -0.05) is 29.8 Å². The molecule has 28 heavy (non-hydrogen) atoms. The van der Waals surface area contributed by atoms with Gasteiger partial charge in [0.1, 0.15) is 11.4 Å². The zero-order chi connectivity index (χ0) is 19.7. The molecule has 4 rings (SSSR count). The number of carbonyl (C=O) groups excluding carboxylic acids is 2. The number of rotatable bonds is 4. The van der Waals surface area contributed by atoms with Crippen molar-refractivity contribution in [1.82, 2.24) is 0 Å². The van der Waals surface area contributed by atoms with E-state index in [9.17, 15) is 14.0 Å². The Labute approximate surface area is 160 Å². The number of benzene rings is 3. The van der Waals surface area contributed by atoms with Gasteiger partial charge in [-0.05, 0) is 55.5 Å². The molecule has 138 valence electrons. The summed E-state index contributed by atoms with van der Waals surface area (Å²) in [4.78, 5) is 25.7. The van der Waals surface area contributed by atoms with Crippen LogP contribution in [0.5, 0.6) is 0 Å². The number of aryl methyl sites for hydroxylation is 1. The molecule has 1 aromatic heterocycles. The Morgan fingerprint density at radius 3 is 2.21 bits per heavy atom. The summed E-state index contributed by atoms with van der Waals surface area (Å²) in [6.07, 6.45) is 0. The van der Waals surface area contributed by atoms with E-state index in [1.54, 1.807) is 36.4 Å². The topological polar surface area (TPSA) is 59.3 Å². The predicted octanol–water partition coefficient (Wildman–Crippen LogP) is 5.36. The number of nitrogens with one attached hydrogen (secondary N) is 1. The molecule has 0 unspecified atom stereocenters. The second-order valence-corrected chi connectivity index (χ2v) is 6.46. The van der Waals surface area contributed by atoms with Gasteiger partial charge in [-0.15, -0.1) is 0 Å². The van der Waals surface area contributed by atoms with Gasteiger partial charge in [0.2, 0.25) is 5.78 Å². The van der Waals surface area contributed by atoms with Crippen molar-refractivity contribution >= 4 is 28.3 Å². The monoisotopic (exact) mass is 373 g/mol. The van der Waals surface area contributed by atoms with Gasteiger partial charge in [0.25, 0.3) is 5.91 Å². The zero-order valence-electron chi connectivity index (χ0n) is 15.0. The molecule has 0 aliphatic heterocycles. The number of ketones is 1. The molecule has 1 amide bonds. The molecule has 0 saturated heterocycles. The molecule has 1 N–H and O–H groups in total. The van der Waals surface area contributed by atoms with Gasteiger partial charge in [-0.2, -0.15) is 0 Å². The lowest BCUT2D eigenvalue weighted by Crippen LogP contribution is -2.14. The normalized spacial score (nSPS) is 10.8. The highest BCUT2D eigenvalue weighted by Gasteiger charge is 2.23. The first-order valence-electron chi connectivity index (χ1n) is 8.73. The van der Waals surface area contributed by atoms with Crippen LogP contribution in [0.3, 0.4) is 0 Å². The van der Waals surface area contributed by atoms with Crippen LogP contribution in [-0.4, -0.2) is 11.7 Å². The summed E-state index contributed by atoms with van der Waals surface area (Å²) in [6, 6.07) is 19.4. The van der Waals surface area contributed by atoms with Gasteiger partial charge in [0, 0.05) is 16.5 Å². The summed E-state index contributed by atoms with van der Waals surface area (Å²) >= 11 is 0. The molecule has 0 saturated carbocycles. The molecule has 0 radical (unpaired) electrons. The van der Waals surface area contributed by atoms with Crippen molar-refractivity contribution in [2.45, 2.75) is 6.92 Å². The first kappa shape index (κ1) is 17.7. The van der Waals surface area contributed by atoms with Gasteiger partial charge < -0.3 is 9.73 Å². The maximum absolute atomic E-state index is 13.2. The van der Waals surface area contributed by atoms with E-state index in [-0.39, 0.29) is 17.2 Å². The molecule has 0 atom stereocenters. The van der Waals surface area contributed by atoms with Crippen molar-refractivity contribution in [3.8, 4) is 0 Å². The third-order valence-electron chi connectivity index (χ3n) is 4.46. The van der Waals surface area contributed by atoms with Gasteiger partial charge >= 0.3 is 0 Å². The van der Waals surface area contributed by atoms with Gasteiger partial charge in [0.05, 0.1) is 5.69 Å². The van der Waals surface area contributed by atoms with E-state index in [1.807, 2.05) is 19.1 Å². The number of halogens is 1. The van der Waals surface area contributed by atoms with Crippen molar-refractivity contribution in [1.29, 1.82) is 0 Å². The zero-order valence-corrected chi connectivity index (χ0v) is 15.0. The third-order valence-corrected chi connectivity index (χ3v) is 4.46. The Kier molecular flexibility index (Phi) is 4.49. The molecular weight excluding hydrogens is 357 g/mol. The number of para-hydroxylation sites is 1. The fraction of sp³-hybridized carbons (Fsp3) is 0.0435. The van der Waals surface area contributed by atoms with E-state index in [2.05, 4.69) is 5.32 Å². The fourth-order valence-electron chi connectivity index (χ4n) is 2.95. The van der Waals surface area contributed by atoms with E-state index in [4.69, 9.17) is 4.42 Å². The Morgan fingerprint density at radius 1 is 0.857 bits per heavy atom. The van der Waals surface area contributed by atoms with Crippen LogP contribution >= 0.6 is 0 Å². The van der Waals surface area contributed by atoms with Crippen molar-refractivity contribution in [3.05, 3.63) is 101 Å². The number of anilines is 1. The molecule has 0 aliphatic rings. The summed E-state index contributed by atoms with van der Waals surface area (Å²) in [5.41, 5.74) is 2.56. The van der Waals surface area contributed by atoms with Crippen LogP contribution in [0.2, 0.25) is 0 Å². The number of hydrogen-bond acceptors (Lipinski definition) is 3. The van der Waals surface area contributed by atoms with E-state index < -0.39 is 11.6 Å². The lowest BCUT2D eigenvalue weighted by Gasteiger charge is -2.07. The van der Waals surface area contributed by atoms with E-state index in [0.717, 1.165) is 5.56 Å². The quantitative estimate of drug-likeness (QED) is 0.490. The minimum atomic E-state index is -0.436. The second-order valence-electron chi connectivity index (χ2n) is 6.46. The van der Waals surface area contributed by atoms with Crippen LogP contribution in [0.1, 0.15) is 32.0 Å². The molecule has 4 aromatic rings. The number of fused-ring (bicyclic) bond motifs is 1. The average molecular weight is 373 g/mol. The Bertz CT molecular complexity index is 1170. The molecule has 0 spiro atoms. The minimum absolute atomic E-state index is 0.00766. The van der Waals surface area contributed by atoms with Crippen LogP contribution < -0.4 is 5.32 Å². The smallest absolute Gasteiger partial charge is 0.255 e. The van der Waals surface area contributed by atoms with Crippen LogP contribution in [0.4, 0.5) is 10.1 Å². The predicted molar refractivity (Wildman–Crippen MR) is 105 cm³/mol. The lowest BCUT2D eigenvalue weighted by atomic mass is 10.1. The van der Waals surface area contributed by atoms with Crippen molar-refractivity contribution in [2.75, 3.05) is 5.32 Å². The molecule has 3 aromatic carbocycles. The largest absolute Gasteiger partial charge is 0.450 e. The molecule has 4 nitrogen and oxygen atoms in total. The molecule has 0 aliphatic carbocycles. The average Bonchev–Trinajstić information content (AvgIpc) is 3.07. The summed E-state index contributed by atoms with van der Waals surface area (Å²) < 4.78 is 18.9. The first-order valence-corrected chi connectivity index (χ1v) is 8.73. The van der Waals surface area contributed by atoms with E-state index in [0.29, 0.717) is 22.2 Å². The van der Waals surface area contributed by atoms with Crippen LogP contribution in [0.15, 0.2) is 77.2 Å². The summed E-state index contributed by atoms with van der Waals surface area (Å²) in [6.45, 7) is 1.94. The van der Waals surface area contributed by atoms with Crippen LogP contribution in [0.25, 0.3) is 11.0 Å². The van der Waals surface area contributed by atoms with Gasteiger partial charge in [-0.25, -0.2) is 4.39 Å². The molecule has 1 heterocycles. The van der Waals surface area contributed by atoms with E-state index in [1.165, 1.54) is 24.3 Å². The van der Waals surface area contributed by atoms with Gasteiger partial charge in [-0.3, -0.25) is 9.59 Å². The number of amides is 1. The highest BCUT2D eigenvalue weighted by molar-refractivity contribution is 6.18. The van der Waals surface area contributed by atoms with Crippen molar-refractivity contribution in [2.24, 2.45) is 0 Å². The Morgan fingerprint density at radius 2 is 1.50 bits per heavy atom. The Hall–Kier alpha value is -3.73. The minimum Gasteiger partial charge on any atom is -0.450 e. The summed E-state index contributed by atoms with van der Waals surface area (Å²) in [7, 11) is 0. The number of hydrogen-bond donors (Lipinski definition) is 1. The summed E-state index contributed by atoms with van der Waals surface area (Å²) in [5.74, 6) is -1.21. The van der Waals surface area contributed by atoms with Crippen LogP contribution in [0, 0.1) is 12.7 Å². The van der Waals surface area contributed by atoms with Gasteiger partial charge in [0.15, 0.2) is 5.76 Å². The number of furan rings is 1. The number of carbonyl (C=O) groups is 2. The molecular formula is C23H16FNO3. The van der Waals surface area contributed by atoms with Crippen molar-refractivity contribution in [3.63, 3.8) is 0 Å². The maximum atomic E-state index is 13.2.